The third kappa shape index (κ3) is 2.30. The van der Waals surface area contributed by atoms with Crippen LogP contribution in [0.2, 0.25) is 0 Å². The van der Waals surface area contributed by atoms with E-state index in [1.165, 1.54) is 11.1 Å². The summed E-state index contributed by atoms with van der Waals surface area (Å²) in [5.41, 5.74) is 5.22. The Kier molecular flexibility index (Phi) is 3.47. The van der Waals surface area contributed by atoms with E-state index in [0.717, 1.165) is 22.4 Å². The van der Waals surface area contributed by atoms with Crippen LogP contribution < -0.4 is 4.74 Å². The molecule has 0 amide bonds. The summed E-state index contributed by atoms with van der Waals surface area (Å²) >= 11 is 0. The number of ether oxygens (including phenoxy) is 2. The summed E-state index contributed by atoms with van der Waals surface area (Å²) in [6.45, 7) is 3.29. The third-order valence-electron chi connectivity index (χ3n) is 3.83. The molecule has 2 aromatic rings. The average Bonchev–Trinajstić information content (AvgIpc) is 2.93. The van der Waals surface area contributed by atoms with Gasteiger partial charge in [-0.25, -0.2) is 0 Å². The maximum atomic E-state index is 10.6. The Hall–Kier alpha value is -1.84. The van der Waals surface area contributed by atoms with Gasteiger partial charge in [0.25, 0.3) is 0 Å². The van der Waals surface area contributed by atoms with Crippen molar-refractivity contribution in [1.29, 1.82) is 0 Å². The summed E-state index contributed by atoms with van der Waals surface area (Å²) in [4.78, 5) is 0. The molecule has 0 spiro atoms. The zero-order valence-electron chi connectivity index (χ0n) is 11.7. The van der Waals surface area contributed by atoms with Crippen molar-refractivity contribution in [1.82, 2.24) is 0 Å². The lowest BCUT2D eigenvalue weighted by Gasteiger charge is -2.16. The lowest BCUT2D eigenvalue weighted by atomic mass is 9.95. The molecule has 2 aromatic carbocycles. The van der Waals surface area contributed by atoms with Crippen molar-refractivity contribution in [2.45, 2.75) is 26.2 Å². The Morgan fingerprint density at radius 3 is 2.65 bits per heavy atom. The third-order valence-corrected chi connectivity index (χ3v) is 3.83. The molecule has 3 nitrogen and oxygen atoms in total. The van der Waals surface area contributed by atoms with Crippen LogP contribution in [0.1, 0.15) is 33.9 Å². The molecule has 0 bridgehead atoms. The zero-order chi connectivity index (χ0) is 14.1. The van der Waals surface area contributed by atoms with E-state index in [4.69, 9.17) is 9.47 Å². The van der Waals surface area contributed by atoms with Crippen LogP contribution in [0.25, 0.3) is 0 Å². The maximum absolute atomic E-state index is 10.6. The van der Waals surface area contributed by atoms with E-state index in [1.54, 1.807) is 7.11 Å². The van der Waals surface area contributed by atoms with Crippen molar-refractivity contribution < 1.29 is 14.6 Å². The van der Waals surface area contributed by atoms with Crippen LogP contribution in [0.5, 0.6) is 5.75 Å². The smallest absolute Gasteiger partial charge is 0.119 e. The van der Waals surface area contributed by atoms with Crippen LogP contribution in [0.4, 0.5) is 0 Å². The molecule has 0 aliphatic carbocycles. The summed E-state index contributed by atoms with van der Waals surface area (Å²) in [6.07, 6.45) is -0.619. The fourth-order valence-electron chi connectivity index (χ4n) is 2.62. The first-order valence-electron chi connectivity index (χ1n) is 6.71. The molecule has 1 aliphatic rings. The normalized spacial score (nSPS) is 14.9. The summed E-state index contributed by atoms with van der Waals surface area (Å²) in [6, 6.07) is 11.8. The summed E-state index contributed by atoms with van der Waals surface area (Å²) in [7, 11) is 1.64. The second kappa shape index (κ2) is 5.27. The summed E-state index contributed by atoms with van der Waals surface area (Å²) in [5, 5.41) is 10.6. The van der Waals surface area contributed by atoms with E-state index in [9.17, 15) is 5.11 Å². The number of hydrogen-bond acceptors (Lipinski definition) is 3. The topological polar surface area (TPSA) is 38.7 Å². The number of methoxy groups -OCH3 is 1. The largest absolute Gasteiger partial charge is 0.497 e. The molecule has 1 heterocycles. The van der Waals surface area contributed by atoms with Crippen LogP contribution in [-0.4, -0.2) is 12.2 Å². The molecule has 3 heteroatoms. The molecule has 1 unspecified atom stereocenters. The Balaban J connectivity index is 1.94. The molecule has 1 N–H and O–H groups in total. The van der Waals surface area contributed by atoms with Gasteiger partial charge < -0.3 is 14.6 Å². The Labute approximate surface area is 118 Å². The first kappa shape index (κ1) is 13.2. The minimum absolute atomic E-state index is 0.619. The first-order chi connectivity index (χ1) is 9.69. The number of rotatable bonds is 3. The minimum Gasteiger partial charge on any atom is -0.497 e. The zero-order valence-corrected chi connectivity index (χ0v) is 11.7. The molecule has 0 saturated heterocycles. The number of aliphatic hydroxyl groups excluding tert-OH is 1. The Morgan fingerprint density at radius 2 is 1.90 bits per heavy atom. The highest BCUT2D eigenvalue weighted by Crippen LogP contribution is 2.30. The molecule has 104 valence electrons. The number of fused-ring (bicyclic) bond motifs is 1. The Morgan fingerprint density at radius 1 is 1.10 bits per heavy atom. The van der Waals surface area contributed by atoms with Crippen molar-refractivity contribution in [2.24, 2.45) is 0 Å². The van der Waals surface area contributed by atoms with Crippen LogP contribution in [0, 0.1) is 6.92 Å². The minimum atomic E-state index is -0.619. The van der Waals surface area contributed by atoms with E-state index in [1.807, 2.05) is 43.3 Å². The van der Waals surface area contributed by atoms with Gasteiger partial charge in [-0.1, -0.05) is 24.3 Å². The van der Waals surface area contributed by atoms with Gasteiger partial charge in [-0.15, -0.1) is 0 Å². The SMILES string of the molecule is COc1ccc(C(O)c2ccc3c(c2)COC3)c(C)c1. The molecule has 0 radical (unpaired) electrons. The molecule has 0 saturated carbocycles. The van der Waals surface area contributed by atoms with Crippen LogP contribution in [0.3, 0.4) is 0 Å². The fraction of sp³-hybridized carbons (Fsp3) is 0.294. The van der Waals surface area contributed by atoms with E-state index in [-0.39, 0.29) is 0 Å². The lowest BCUT2D eigenvalue weighted by molar-refractivity contribution is 0.134. The molecule has 1 atom stereocenters. The second-order valence-electron chi connectivity index (χ2n) is 5.15. The molecule has 3 rings (SSSR count). The van der Waals surface area contributed by atoms with Gasteiger partial charge in [-0.2, -0.15) is 0 Å². The molecule has 20 heavy (non-hydrogen) atoms. The standard InChI is InChI=1S/C17H18O3/c1-11-7-15(19-2)5-6-16(11)17(18)12-3-4-13-9-20-10-14(13)8-12/h3-8,17-18H,9-10H2,1-2H3. The monoisotopic (exact) mass is 270 g/mol. The van der Waals surface area contributed by atoms with E-state index in [0.29, 0.717) is 13.2 Å². The molecular weight excluding hydrogens is 252 g/mol. The van der Waals surface area contributed by atoms with E-state index < -0.39 is 6.10 Å². The van der Waals surface area contributed by atoms with Gasteiger partial charge in [-0.3, -0.25) is 0 Å². The van der Waals surface area contributed by atoms with E-state index in [2.05, 4.69) is 0 Å². The van der Waals surface area contributed by atoms with Gasteiger partial charge in [0.2, 0.25) is 0 Å². The summed E-state index contributed by atoms with van der Waals surface area (Å²) in [5.74, 6) is 0.806. The summed E-state index contributed by atoms with van der Waals surface area (Å²) < 4.78 is 10.6. The van der Waals surface area contributed by atoms with Gasteiger partial charge in [0, 0.05) is 0 Å². The van der Waals surface area contributed by atoms with Gasteiger partial charge in [0.15, 0.2) is 0 Å². The number of benzene rings is 2. The van der Waals surface area contributed by atoms with Crippen LogP contribution in [0.15, 0.2) is 36.4 Å². The van der Waals surface area contributed by atoms with Crippen molar-refractivity contribution in [3.05, 3.63) is 64.2 Å². The van der Waals surface area contributed by atoms with Crippen molar-refractivity contribution >= 4 is 0 Å². The predicted molar refractivity (Wildman–Crippen MR) is 76.7 cm³/mol. The number of aliphatic hydroxyl groups is 1. The second-order valence-corrected chi connectivity index (χ2v) is 5.15. The van der Waals surface area contributed by atoms with Gasteiger partial charge in [-0.05, 0) is 46.9 Å². The average molecular weight is 270 g/mol. The number of aryl methyl sites for hydroxylation is 1. The van der Waals surface area contributed by atoms with Crippen LogP contribution in [-0.2, 0) is 18.0 Å². The molecular formula is C17H18O3. The van der Waals surface area contributed by atoms with Gasteiger partial charge in [0.05, 0.1) is 20.3 Å². The quantitative estimate of drug-likeness (QED) is 0.931. The van der Waals surface area contributed by atoms with Crippen molar-refractivity contribution in [2.75, 3.05) is 7.11 Å². The highest BCUT2D eigenvalue weighted by atomic mass is 16.5. The first-order valence-corrected chi connectivity index (χ1v) is 6.71. The van der Waals surface area contributed by atoms with Gasteiger partial charge >= 0.3 is 0 Å². The van der Waals surface area contributed by atoms with Crippen molar-refractivity contribution in [3.63, 3.8) is 0 Å². The van der Waals surface area contributed by atoms with Crippen molar-refractivity contribution in [3.8, 4) is 5.75 Å². The molecule has 1 aliphatic heterocycles. The lowest BCUT2D eigenvalue weighted by Crippen LogP contribution is -2.03. The van der Waals surface area contributed by atoms with Crippen LogP contribution >= 0.6 is 0 Å². The molecule has 0 aromatic heterocycles. The Bertz CT molecular complexity index is 634. The number of hydrogen-bond donors (Lipinski definition) is 1. The highest BCUT2D eigenvalue weighted by Gasteiger charge is 2.17. The van der Waals surface area contributed by atoms with E-state index >= 15 is 0 Å². The predicted octanol–water partition coefficient (Wildman–Crippen LogP) is 3.12. The highest BCUT2D eigenvalue weighted by molar-refractivity contribution is 5.42. The van der Waals surface area contributed by atoms with Gasteiger partial charge in [0.1, 0.15) is 11.9 Å². The maximum Gasteiger partial charge on any atom is 0.119 e. The molecule has 0 fully saturated rings. The fourth-order valence-corrected chi connectivity index (χ4v) is 2.62.